The number of rotatable bonds is 9. The second-order valence-corrected chi connectivity index (χ2v) is 9.66. The predicted octanol–water partition coefficient (Wildman–Crippen LogP) is 5.19. The van der Waals surface area contributed by atoms with E-state index < -0.39 is 0 Å². The van der Waals surface area contributed by atoms with Crippen molar-refractivity contribution < 1.29 is 9.59 Å². The molecule has 0 bridgehead atoms. The summed E-state index contributed by atoms with van der Waals surface area (Å²) in [6, 6.07) is 14.3. The molecule has 0 aliphatic carbocycles. The molecule has 0 N–H and O–H groups in total. The molecule has 0 saturated carbocycles. The molecule has 1 aromatic heterocycles. The number of thioether (sulfide) groups is 1. The summed E-state index contributed by atoms with van der Waals surface area (Å²) in [5, 5.41) is 1.03. The first kappa shape index (κ1) is 24.2. The number of carbonyl (C=O) groups is 2. The lowest BCUT2D eigenvalue weighted by Gasteiger charge is -2.26. The highest BCUT2D eigenvalue weighted by atomic mass is 32.2. The minimum absolute atomic E-state index is 0.00548. The number of ketones is 1. The lowest BCUT2D eigenvalue weighted by atomic mass is 10.1. The largest absolute Gasteiger partial charge is 0.339 e. The molecule has 7 heteroatoms. The molecule has 1 fully saturated rings. The molecular formula is C27H31N3O3S. The molecule has 1 amide bonds. The number of hydrogen-bond donors (Lipinski definition) is 0. The molecule has 2 aromatic carbocycles. The van der Waals surface area contributed by atoms with E-state index in [1.165, 1.54) is 11.8 Å². The van der Waals surface area contributed by atoms with Crippen molar-refractivity contribution in [3.63, 3.8) is 0 Å². The molecule has 0 spiro atoms. The molecule has 34 heavy (non-hydrogen) atoms. The molecule has 0 atom stereocenters. The average Bonchev–Trinajstić information content (AvgIpc) is 2.89. The van der Waals surface area contributed by atoms with Crippen LogP contribution in [0.25, 0.3) is 10.9 Å². The second kappa shape index (κ2) is 11.5. The van der Waals surface area contributed by atoms with Gasteiger partial charge in [-0.3, -0.25) is 19.0 Å². The highest BCUT2D eigenvalue weighted by molar-refractivity contribution is 7.99. The van der Waals surface area contributed by atoms with E-state index >= 15 is 0 Å². The fourth-order valence-corrected chi connectivity index (χ4v) is 5.20. The van der Waals surface area contributed by atoms with Crippen molar-refractivity contribution in [1.29, 1.82) is 0 Å². The number of aromatic nitrogens is 2. The van der Waals surface area contributed by atoms with Crippen LogP contribution in [0.3, 0.4) is 0 Å². The first-order valence-electron chi connectivity index (χ1n) is 12.1. The molecule has 1 saturated heterocycles. The number of Topliss-reactive ketones (excluding diaryl/α,β-unsaturated/α-hetero) is 1. The van der Waals surface area contributed by atoms with Crippen LogP contribution in [0, 0.1) is 0 Å². The number of piperidine rings is 1. The Labute approximate surface area is 204 Å². The lowest BCUT2D eigenvalue weighted by Crippen LogP contribution is -2.35. The van der Waals surface area contributed by atoms with Gasteiger partial charge in [-0.2, -0.15) is 0 Å². The Bertz CT molecular complexity index is 1220. The van der Waals surface area contributed by atoms with Crippen LogP contribution in [-0.2, 0) is 6.54 Å². The first-order valence-corrected chi connectivity index (χ1v) is 13.1. The maximum atomic E-state index is 13.4. The number of carbonyl (C=O) groups excluding carboxylic acids is 2. The summed E-state index contributed by atoms with van der Waals surface area (Å²) in [7, 11) is 0. The van der Waals surface area contributed by atoms with Crippen molar-refractivity contribution in [1.82, 2.24) is 14.5 Å². The second-order valence-electron chi connectivity index (χ2n) is 8.72. The molecule has 178 valence electrons. The summed E-state index contributed by atoms with van der Waals surface area (Å²) in [6.45, 7) is 4.22. The number of fused-ring (bicyclic) bond motifs is 1. The fourth-order valence-electron chi connectivity index (χ4n) is 4.28. The summed E-state index contributed by atoms with van der Waals surface area (Å²) in [5.41, 5.74) is 1.59. The zero-order valence-electron chi connectivity index (χ0n) is 19.7. The Balaban J connectivity index is 1.65. The molecule has 0 unspecified atom stereocenters. The highest BCUT2D eigenvalue weighted by Gasteiger charge is 2.20. The van der Waals surface area contributed by atoms with Crippen LogP contribution in [0.4, 0.5) is 0 Å². The van der Waals surface area contributed by atoms with Crippen LogP contribution in [0.2, 0.25) is 0 Å². The Kier molecular flexibility index (Phi) is 8.16. The smallest absolute Gasteiger partial charge is 0.262 e. The van der Waals surface area contributed by atoms with E-state index in [2.05, 4.69) is 6.92 Å². The molecule has 4 rings (SSSR count). The SMILES string of the molecule is CCCCCn1c(SCC(=O)c2ccccc2)nc2cc(C(=O)N3CCCCC3)ccc2c1=O. The zero-order chi connectivity index (χ0) is 23.9. The van der Waals surface area contributed by atoms with Crippen LogP contribution in [0.5, 0.6) is 0 Å². The van der Waals surface area contributed by atoms with Crippen LogP contribution in [0.1, 0.15) is 66.2 Å². The van der Waals surface area contributed by atoms with Gasteiger partial charge in [0.15, 0.2) is 10.9 Å². The topological polar surface area (TPSA) is 72.3 Å². The molecule has 1 aliphatic heterocycles. The van der Waals surface area contributed by atoms with Crippen LogP contribution >= 0.6 is 11.8 Å². The Morgan fingerprint density at radius 1 is 0.971 bits per heavy atom. The van der Waals surface area contributed by atoms with Crippen molar-refractivity contribution in [2.24, 2.45) is 0 Å². The summed E-state index contributed by atoms with van der Waals surface area (Å²) in [4.78, 5) is 45.7. The number of amides is 1. The van der Waals surface area contributed by atoms with E-state index in [1.54, 1.807) is 34.9 Å². The van der Waals surface area contributed by atoms with Crippen LogP contribution in [-0.4, -0.2) is 45.0 Å². The van der Waals surface area contributed by atoms with E-state index in [4.69, 9.17) is 4.98 Å². The maximum Gasteiger partial charge on any atom is 0.262 e. The van der Waals surface area contributed by atoms with Crippen molar-refractivity contribution >= 4 is 34.4 Å². The van der Waals surface area contributed by atoms with Gasteiger partial charge in [0.25, 0.3) is 11.5 Å². The van der Waals surface area contributed by atoms with Crippen molar-refractivity contribution in [2.45, 2.75) is 57.1 Å². The van der Waals surface area contributed by atoms with Gasteiger partial charge in [-0.05, 0) is 43.9 Å². The van der Waals surface area contributed by atoms with Crippen LogP contribution in [0.15, 0.2) is 58.5 Å². The van der Waals surface area contributed by atoms with Gasteiger partial charge in [0.2, 0.25) is 0 Å². The molecule has 1 aliphatic rings. The van der Waals surface area contributed by atoms with Gasteiger partial charge >= 0.3 is 0 Å². The number of nitrogens with zero attached hydrogens (tertiary/aromatic N) is 3. The zero-order valence-corrected chi connectivity index (χ0v) is 20.5. The minimum Gasteiger partial charge on any atom is -0.339 e. The Morgan fingerprint density at radius 3 is 2.47 bits per heavy atom. The number of hydrogen-bond acceptors (Lipinski definition) is 5. The van der Waals surface area contributed by atoms with Crippen LogP contribution < -0.4 is 5.56 Å². The standard InChI is InChI=1S/C27H31N3O3S/c1-2-3-8-17-30-26(33)22-14-13-21(25(32)29-15-9-5-10-16-29)18-23(22)28-27(30)34-19-24(31)20-11-6-4-7-12-20/h4,6-7,11-14,18H,2-3,5,8-10,15-17,19H2,1H3. The lowest BCUT2D eigenvalue weighted by molar-refractivity contribution is 0.0724. The van der Waals surface area contributed by atoms with E-state index in [0.29, 0.717) is 33.7 Å². The van der Waals surface area contributed by atoms with Gasteiger partial charge in [0.1, 0.15) is 0 Å². The van der Waals surface area contributed by atoms with E-state index in [-0.39, 0.29) is 23.0 Å². The molecule has 2 heterocycles. The number of likely N-dealkylation sites (tertiary alicyclic amines) is 1. The van der Waals surface area contributed by atoms with Crippen molar-refractivity contribution in [2.75, 3.05) is 18.8 Å². The third-order valence-electron chi connectivity index (χ3n) is 6.22. The predicted molar refractivity (Wildman–Crippen MR) is 137 cm³/mol. The van der Waals surface area contributed by atoms with Gasteiger partial charge in [-0.15, -0.1) is 0 Å². The third-order valence-corrected chi connectivity index (χ3v) is 7.20. The van der Waals surface area contributed by atoms with E-state index in [1.807, 2.05) is 23.1 Å². The van der Waals surface area contributed by atoms with Gasteiger partial charge in [-0.25, -0.2) is 4.98 Å². The summed E-state index contributed by atoms with van der Waals surface area (Å²) < 4.78 is 1.69. The third kappa shape index (κ3) is 5.58. The highest BCUT2D eigenvalue weighted by Crippen LogP contribution is 2.22. The van der Waals surface area contributed by atoms with Crippen molar-refractivity contribution in [3.8, 4) is 0 Å². The molecular weight excluding hydrogens is 446 g/mol. The van der Waals surface area contributed by atoms with Gasteiger partial charge in [0, 0.05) is 30.8 Å². The van der Waals surface area contributed by atoms with E-state index in [9.17, 15) is 14.4 Å². The molecule has 0 radical (unpaired) electrons. The quantitative estimate of drug-likeness (QED) is 0.184. The number of benzene rings is 2. The Hall–Kier alpha value is -2.93. The first-order chi connectivity index (χ1) is 16.6. The normalized spacial score (nSPS) is 13.9. The maximum absolute atomic E-state index is 13.4. The monoisotopic (exact) mass is 477 g/mol. The fraction of sp³-hybridized carbons (Fsp3) is 0.407. The van der Waals surface area contributed by atoms with Gasteiger partial charge < -0.3 is 4.90 Å². The molecule has 3 aromatic rings. The average molecular weight is 478 g/mol. The number of unbranched alkanes of at least 4 members (excludes halogenated alkanes) is 2. The van der Waals surface area contributed by atoms with E-state index in [0.717, 1.165) is 51.6 Å². The van der Waals surface area contributed by atoms with Gasteiger partial charge in [-0.1, -0.05) is 61.9 Å². The molecule has 6 nitrogen and oxygen atoms in total. The summed E-state index contributed by atoms with van der Waals surface area (Å²) in [5.74, 6) is 0.181. The summed E-state index contributed by atoms with van der Waals surface area (Å²) in [6.07, 6.45) is 6.14. The van der Waals surface area contributed by atoms with Gasteiger partial charge in [0.05, 0.1) is 16.7 Å². The van der Waals surface area contributed by atoms with Crippen molar-refractivity contribution in [3.05, 3.63) is 70.0 Å². The summed E-state index contributed by atoms with van der Waals surface area (Å²) >= 11 is 1.29. The Morgan fingerprint density at radius 2 is 1.74 bits per heavy atom. The minimum atomic E-state index is -0.118.